The van der Waals surface area contributed by atoms with Crippen LogP contribution in [0.15, 0.2) is 12.1 Å². The number of benzene rings is 1. The van der Waals surface area contributed by atoms with Crippen LogP contribution in [-0.2, 0) is 11.2 Å². The highest BCUT2D eigenvalue weighted by Crippen LogP contribution is 2.40. The second kappa shape index (κ2) is 9.66. The molecule has 0 spiro atoms. The number of methoxy groups -OCH3 is 3. The van der Waals surface area contributed by atoms with Crippen LogP contribution in [0.4, 0.5) is 0 Å². The average Bonchev–Trinajstić information content (AvgIpc) is 2.57. The van der Waals surface area contributed by atoms with E-state index in [-0.39, 0.29) is 12.3 Å². The number of amides is 1. The van der Waals surface area contributed by atoms with Crippen LogP contribution in [0.3, 0.4) is 0 Å². The maximum atomic E-state index is 12.1. The number of carbonyl (C=O) groups excluding carboxylic acids is 1. The zero-order valence-electron chi connectivity index (χ0n) is 15.0. The fourth-order valence-electron chi connectivity index (χ4n) is 2.49. The molecule has 1 atom stereocenters. The number of nitrogens with one attached hydrogen (secondary N) is 1. The van der Waals surface area contributed by atoms with Gasteiger partial charge in [0.1, 0.15) is 6.04 Å². The Kier molecular flexibility index (Phi) is 7.90. The van der Waals surface area contributed by atoms with Crippen molar-refractivity contribution in [3.8, 4) is 23.3 Å². The minimum absolute atomic E-state index is 0.154. The Labute approximate surface area is 143 Å². The summed E-state index contributed by atoms with van der Waals surface area (Å²) in [5, 5.41) is 11.9. The lowest BCUT2D eigenvalue weighted by Gasteiger charge is -2.16. The van der Waals surface area contributed by atoms with Gasteiger partial charge in [0.2, 0.25) is 11.7 Å². The van der Waals surface area contributed by atoms with Crippen molar-refractivity contribution in [1.82, 2.24) is 5.32 Å². The van der Waals surface area contributed by atoms with Crippen molar-refractivity contribution >= 4 is 5.91 Å². The molecular formula is C18H26N2O4. The molecule has 132 valence electrons. The van der Waals surface area contributed by atoms with E-state index in [1.165, 1.54) is 0 Å². The maximum absolute atomic E-state index is 12.1. The third-order valence-corrected chi connectivity index (χ3v) is 3.61. The summed E-state index contributed by atoms with van der Waals surface area (Å²) in [6, 6.07) is 5.31. The molecule has 0 aromatic heterocycles. The van der Waals surface area contributed by atoms with Crippen molar-refractivity contribution in [3.63, 3.8) is 0 Å². The topological polar surface area (TPSA) is 80.6 Å². The first-order valence-electron chi connectivity index (χ1n) is 7.93. The molecule has 6 nitrogen and oxygen atoms in total. The molecule has 0 bridgehead atoms. The van der Waals surface area contributed by atoms with Gasteiger partial charge in [-0.1, -0.05) is 19.9 Å². The number of carbonyl (C=O) groups is 1. The second-order valence-electron chi connectivity index (χ2n) is 5.87. The van der Waals surface area contributed by atoms with Crippen LogP contribution in [0.25, 0.3) is 0 Å². The van der Waals surface area contributed by atoms with Gasteiger partial charge < -0.3 is 19.5 Å². The third kappa shape index (κ3) is 5.34. The van der Waals surface area contributed by atoms with Gasteiger partial charge in [-0.15, -0.1) is 0 Å². The summed E-state index contributed by atoms with van der Waals surface area (Å²) in [7, 11) is 4.65. The van der Waals surface area contributed by atoms with Crippen molar-refractivity contribution in [2.75, 3.05) is 21.3 Å². The maximum Gasteiger partial charge on any atom is 0.221 e. The highest BCUT2D eigenvalue weighted by Gasteiger charge is 2.18. The lowest BCUT2D eigenvalue weighted by Crippen LogP contribution is -2.34. The third-order valence-electron chi connectivity index (χ3n) is 3.61. The highest BCUT2D eigenvalue weighted by molar-refractivity contribution is 5.77. The van der Waals surface area contributed by atoms with Crippen molar-refractivity contribution in [3.05, 3.63) is 17.7 Å². The number of nitriles is 1. The number of hydrogen-bond donors (Lipinski definition) is 1. The molecule has 0 fully saturated rings. The molecule has 0 saturated heterocycles. The smallest absolute Gasteiger partial charge is 0.221 e. The summed E-state index contributed by atoms with van der Waals surface area (Å²) in [5.41, 5.74) is 0.850. The molecule has 1 amide bonds. The van der Waals surface area contributed by atoms with E-state index in [1.807, 2.05) is 19.9 Å². The van der Waals surface area contributed by atoms with Gasteiger partial charge in [0.05, 0.1) is 27.4 Å². The van der Waals surface area contributed by atoms with Gasteiger partial charge in [0, 0.05) is 6.42 Å². The molecule has 1 aromatic carbocycles. The molecule has 1 N–H and O–H groups in total. The summed E-state index contributed by atoms with van der Waals surface area (Å²) in [4.78, 5) is 12.1. The summed E-state index contributed by atoms with van der Waals surface area (Å²) in [6.45, 7) is 4.04. The molecule has 1 rings (SSSR count). The van der Waals surface area contributed by atoms with Gasteiger partial charge >= 0.3 is 0 Å². The van der Waals surface area contributed by atoms with Crippen LogP contribution in [0.2, 0.25) is 0 Å². The van der Waals surface area contributed by atoms with Gasteiger partial charge in [0.25, 0.3) is 0 Å². The minimum atomic E-state index is -0.454. The molecule has 0 heterocycles. The standard InChI is InChI=1S/C18H26N2O4/c1-12(2)10-14(11-19)20-16(21)9-7-13-6-8-15(22-3)18(24-5)17(13)23-4/h6,8,12,14H,7,9-10H2,1-5H3,(H,20,21)/t14-/m0/s1. The van der Waals surface area contributed by atoms with Crippen molar-refractivity contribution < 1.29 is 19.0 Å². The summed E-state index contributed by atoms with van der Waals surface area (Å²) >= 11 is 0. The Balaban J connectivity index is 2.77. The van der Waals surface area contributed by atoms with Gasteiger partial charge in [-0.2, -0.15) is 5.26 Å². The fraction of sp³-hybridized carbons (Fsp3) is 0.556. The fourth-order valence-corrected chi connectivity index (χ4v) is 2.49. The van der Waals surface area contributed by atoms with Gasteiger partial charge in [-0.3, -0.25) is 4.79 Å². The molecule has 0 radical (unpaired) electrons. The predicted molar refractivity (Wildman–Crippen MR) is 91.4 cm³/mol. The minimum Gasteiger partial charge on any atom is -0.493 e. The van der Waals surface area contributed by atoms with E-state index in [1.54, 1.807) is 27.4 Å². The lowest BCUT2D eigenvalue weighted by molar-refractivity contribution is -0.121. The monoisotopic (exact) mass is 334 g/mol. The summed E-state index contributed by atoms with van der Waals surface area (Å²) in [6.07, 6.45) is 1.39. The van der Waals surface area contributed by atoms with E-state index in [9.17, 15) is 4.79 Å². The van der Waals surface area contributed by atoms with Crippen molar-refractivity contribution in [2.45, 2.75) is 39.2 Å². The molecule has 1 aromatic rings. The van der Waals surface area contributed by atoms with E-state index in [0.717, 1.165) is 5.56 Å². The Bertz CT molecular complexity index is 593. The predicted octanol–water partition coefficient (Wildman–Crippen LogP) is 2.70. The summed E-state index contributed by atoms with van der Waals surface area (Å²) in [5.74, 6) is 1.83. The van der Waals surface area contributed by atoms with Crippen molar-refractivity contribution in [1.29, 1.82) is 5.26 Å². The van der Waals surface area contributed by atoms with Gasteiger partial charge in [0.15, 0.2) is 11.5 Å². The van der Waals surface area contributed by atoms with Crippen LogP contribution in [0, 0.1) is 17.2 Å². The van der Waals surface area contributed by atoms with Crippen LogP contribution in [-0.4, -0.2) is 33.3 Å². The normalized spacial score (nSPS) is 11.5. The first-order chi connectivity index (χ1) is 11.5. The SMILES string of the molecule is COc1ccc(CCC(=O)N[C@H](C#N)CC(C)C)c(OC)c1OC. The van der Waals surface area contributed by atoms with Crippen LogP contribution < -0.4 is 19.5 Å². The molecule has 6 heteroatoms. The van der Waals surface area contributed by atoms with E-state index < -0.39 is 6.04 Å². The first-order valence-corrected chi connectivity index (χ1v) is 7.93. The lowest BCUT2D eigenvalue weighted by atomic mass is 10.0. The van der Waals surface area contributed by atoms with E-state index in [2.05, 4.69) is 11.4 Å². The van der Waals surface area contributed by atoms with Gasteiger partial charge in [-0.05, 0) is 30.4 Å². The number of aryl methyl sites for hydroxylation is 1. The largest absolute Gasteiger partial charge is 0.493 e. The molecule has 24 heavy (non-hydrogen) atoms. The van der Waals surface area contributed by atoms with E-state index in [0.29, 0.717) is 36.0 Å². The van der Waals surface area contributed by atoms with Crippen LogP contribution in [0.1, 0.15) is 32.3 Å². The number of nitrogens with zero attached hydrogens (tertiary/aromatic N) is 1. The van der Waals surface area contributed by atoms with Crippen LogP contribution in [0.5, 0.6) is 17.2 Å². The van der Waals surface area contributed by atoms with Gasteiger partial charge in [-0.25, -0.2) is 0 Å². The second-order valence-corrected chi connectivity index (χ2v) is 5.87. The highest BCUT2D eigenvalue weighted by atomic mass is 16.5. The number of ether oxygens (including phenoxy) is 3. The molecule has 0 aliphatic carbocycles. The first kappa shape index (κ1) is 19.6. The zero-order valence-corrected chi connectivity index (χ0v) is 15.0. The Morgan fingerprint density at radius 1 is 1.17 bits per heavy atom. The Morgan fingerprint density at radius 2 is 1.83 bits per heavy atom. The van der Waals surface area contributed by atoms with E-state index >= 15 is 0 Å². The molecule has 0 aliphatic rings. The molecule has 0 saturated carbocycles. The Hall–Kier alpha value is -2.42. The van der Waals surface area contributed by atoms with Crippen LogP contribution >= 0.6 is 0 Å². The quantitative estimate of drug-likeness (QED) is 0.751. The molecular weight excluding hydrogens is 308 g/mol. The number of rotatable bonds is 9. The molecule has 0 aliphatic heterocycles. The number of hydrogen-bond acceptors (Lipinski definition) is 5. The zero-order chi connectivity index (χ0) is 18.1. The Morgan fingerprint density at radius 3 is 2.33 bits per heavy atom. The average molecular weight is 334 g/mol. The summed E-state index contributed by atoms with van der Waals surface area (Å²) < 4.78 is 16.0. The molecule has 0 unspecified atom stereocenters. The van der Waals surface area contributed by atoms with Crippen molar-refractivity contribution in [2.24, 2.45) is 5.92 Å². The van der Waals surface area contributed by atoms with E-state index in [4.69, 9.17) is 19.5 Å².